The van der Waals surface area contributed by atoms with Gasteiger partial charge in [-0.1, -0.05) is 17.7 Å². The highest BCUT2D eigenvalue weighted by Gasteiger charge is 2.30. The molecule has 1 aromatic heterocycles. The summed E-state index contributed by atoms with van der Waals surface area (Å²) in [6, 6.07) is 6.61. The molecule has 1 aliphatic heterocycles. The van der Waals surface area contributed by atoms with Crippen molar-refractivity contribution in [2.45, 2.75) is 13.0 Å². The average Bonchev–Trinajstić information content (AvgIpc) is 3.02. The number of halogens is 2. The second-order valence-corrected chi connectivity index (χ2v) is 5.67. The summed E-state index contributed by atoms with van der Waals surface area (Å²) < 4.78 is 20.0. The highest BCUT2D eigenvalue weighted by atomic mass is 35.5. The van der Waals surface area contributed by atoms with Gasteiger partial charge in [-0.25, -0.2) is 4.39 Å². The smallest absolute Gasteiger partial charge is 0.129 e. The first-order valence-electron chi connectivity index (χ1n) is 7.11. The second-order valence-electron chi connectivity index (χ2n) is 5.30. The van der Waals surface area contributed by atoms with Gasteiger partial charge in [0, 0.05) is 31.7 Å². The van der Waals surface area contributed by atoms with E-state index < -0.39 is 0 Å². The monoisotopic (exact) mass is 308 g/mol. The Hall–Kier alpha value is -1.36. The molecule has 0 spiro atoms. The maximum atomic E-state index is 14.5. The van der Waals surface area contributed by atoms with Gasteiger partial charge < -0.3 is 9.73 Å². The van der Waals surface area contributed by atoms with Crippen LogP contribution in [0.1, 0.15) is 22.9 Å². The Labute approximate surface area is 128 Å². The van der Waals surface area contributed by atoms with Crippen LogP contribution in [-0.4, -0.2) is 31.1 Å². The van der Waals surface area contributed by atoms with Crippen LogP contribution in [0.2, 0.25) is 5.02 Å². The molecule has 2 aromatic rings. The van der Waals surface area contributed by atoms with E-state index in [-0.39, 0.29) is 11.9 Å². The van der Waals surface area contributed by atoms with Gasteiger partial charge in [-0.2, -0.15) is 0 Å². The second kappa shape index (κ2) is 6.18. The number of nitrogens with one attached hydrogen (secondary N) is 1. The molecule has 1 N–H and O–H groups in total. The summed E-state index contributed by atoms with van der Waals surface area (Å²) in [5.74, 6) is 0.439. The molecule has 21 heavy (non-hydrogen) atoms. The minimum absolute atomic E-state index is 0.283. The Morgan fingerprint density at radius 2 is 2.05 bits per heavy atom. The summed E-state index contributed by atoms with van der Waals surface area (Å²) in [5, 5.41) is 3.79. The molecule has 1 aliphatic rings. The Balaban J connectivity index is 2.09. The summed E-state index contributed by atoms with van der Waals surface area (Å²) in [5.41, 5.74) is 1.38. The van der Waals surface area contributed by atoms with Crippen LogP contribution in [0.15, 0.2) is 34.9 Å². The molecule has 0 saturated carbocycles. The lowest BCUT2D eigenvalue weighted by Gasteiger charge is -2.34. The fourth-order valence-corrected chi connectivity index (χ4v) is 3.08. The van der Waals surface area contributed by atoms with Gasteiger partial charge in [0.15, 0.2) is 0 Å². The number of furan rings is 1. The van der Waals surface area contributed by atoms with E-state index in [1.807, 2.05) is 19.1 Å². The first-order chi connectivity index (χ1) is 10.2. The molecule has 3 nitrogen and oxygen atoms in total. The van der Waals surface area contributed by atoms with E-state index in [0.717, 1.165) is 37.5 Å². The molecule has 0 bridgehead atoms. The number of nitrogens with zero attached hydrogens (tertiary/aromatic N) is 1. The zero-order chi connectivity index (χ0) is 14.8. The van der Waals surface area contributed by atoms with Gasteiger partial charge in [-0.3, -0.25) is 4.90 Å². The molecule has 1 atom stereocenters. The van der Waals surface area contributed by atoms with Crippen molar-refractivity contribution in [2.75, 3.05) is 26.2 Å². The van der Waals surface area contributed by atoms with Crippen LogP contribution in [0.4, 0.5) is 4.39 Å². The fourth-order valence-electron chi connectivity index (χ4n) is 2.82. The molecular formula is C16H18ClFN2O. The Kier molecular flexibility index (Phi) is 4.29. The Morgan fingerprint density at radius 1 is 1.29 bits per heavy atom. The molecule has 0 amide bonds. The number of piperazine rings is 1. The quantitative estimate of drug-likeness (QED) is 0.942. The molecule has 1 saturated heterocycles. The highest BCUT2D eigenvalue weighted by molar-refractivity contribution is 6.32. The summed E-state index contributed by atoms with van der Waals surface area (Å²) >= 11 is 6.41. The number of aryl methyl sites for hydroxylation is 1. The van der Waals surface area contributed by atoms with E-state index in [1.165, 1.54) is 6.07 Å². The van der Waals surface area contributed by atoms with E-state index >= 15 is 0 Å². The van der Waals surface area contributed by atoms with Crippen molar-refractivity contribution >= 4 is 11.6 Å². The van der Waals surface area contributed by atoms with E-state index in [1.54, 1.807) is 12.3 Å². The summed E-state index contributed by atoms with van der Waals surface area (Å²) in [7, 11) is 0. The van der Waals surface area contributed by atoms with Gasteiger partial charge in [0.1, 0.15) is 11.6 Å². The molecule has 2 heterocycles. The van der Waals surface area contributed by atoms with Crippen molar-refractivity contribution in [1.82, 2.24) is 10.2 Å². The lowest BCUT2D eigenvalue weighted by Crippen LogP contribution is -2.45. The van der Waals surface area contributed by atoms with Crippen LogP contribution in [0.3, 0.4) is 0 Å². The van der Waals surface area contributed by atoms with Crippen molar-refractivity contribution in [2.24, 2.45) is 0 Å². The van der Waals surface area contributed by atoms with Crippen LogP contribution in [0.5, 0.6) is 0 Å². The lowest BCUT2D eigenvalue weighted by molar-refractivity contribution is 0.177. The third kappa shape index (κ3) is 2.84. The number of rotatable bonds is 3. The summed E-state index contributed by atoms with van der Waals surface area (Å²) in [6.07, 6.45) is 1.62. The molecule has 0 unspecified atom stereocenters. The van der Waals surface area contributed by atoms with Crippen molar-refractivity contribution in [3.05, 3.63) is 58.3 Å². The van der Waals surface area contributed by atoms with Crippen LogP contribution in [0.25, 0.3) is 0 Å². The van der Waals surface area contributed by atoms with Crippen molar-refractivity contribution in [3.63, 3.8) is 0 Å². The predicted octanol–water partition coefficient (Wildman–Crippen LogP) is 3.38. The van der Waals surface area contributed by atoms with Crippen LogP contribution in [-0.2, 0) is 0 Å². The Morgan fingerprint density at radius 3 is 2.71 bits per heavy atom. The SMILES string of the molecule is Cc1ccc(F)c([C@H](c2ccco2)N2CCNCC2)c1Cl. The van der Waals surface area contributed by atoms with E-state index in [4.69, 9.17) is 16.0 Å². The first-order valence-corrected chi connectivity index (χ1v) is 7.49. The van der Waals surface area contributed by atoms with Crippen LogP contribution < -0.4 is 5.32 Å². The molecular weight excluding hydrogens is 291 g/mol. The Bertz CT molecular complexity index is 609. The molecule has 112 valence electrons. The molecule has 1 aromatic carbocycles. The third-order valence-electron chi connectivity index (χ3n) is 3.92. The van der Waals surface area contributed by atoms with Gasteiger partial charge in [0.2, 0.25) is 0 Å². The standard InChI is InChI=1S/C16H18ClFN2O/c1-11-4-5-12(18)14(15(11)17)16(13-3-2-10-21-13)20-8-6-19-7-9-20/h2-5,10,16,19H,6-9H2,1H3/t16-/m0/s1. The number of benzene rings is 1. The van der Waals surface area contributed by atoms with Gasteiger partial charge in [-0.05, 0) is 30.7 Å². The largest absolute Gasteiger partial charge is 0.467 e. The third-order valence-corrected chi connectivity index (χ3v) is 4.42. The zero-order valence-corrected chi connectivity index (χ0v) is 12.7. The molecule has 3 rings (SSSR count). The van der Waals surface area contributed by atoms with Crippen LogP contribution in [0, 0.1) is 12.7 Å². The number of hydrogen-bond donors (Lipinski definition) is 1. The van der Waals surface area contributed by atoms with E-state index in [0.29, 0.717) is 10.6 Å². The zero-order valence-electron chi connectivity index (χ0n) is 11.9. The van der Waals surface area contributed by atoms with Gasteiger partial charge in [-0.15, -0.1) is 0 Å². The maximum Gasteiger partial charge on any atom is 0.129 e. The van der Waals surface area contributed by atoms with Crippen LogP contribution >= 0.6 is 11.6 Å². The van der Waals surface area contributed by atoms with Gasteiger partial charge >= 0.3 is 0 Å². The average molecular weight is 309 g/mol. The lowest BCUT2D eigenvalue weighted by atomic mass is 9.99. The summed E-state index contributed by atoms with van der Waals surface area (Å²) in [6.45, 7) is 5.30. The first kappa shape index (κ1) is 14.6. The fraction of sp³-hybridized carbons (Fsp3) is 0.375. The predicted molar refractivity (Wildman–Crippen MR) is 81.1 cm³/mol. The van der Waals surface area contributed by atoms with Crippen molar-refractivity contribution < 1.29 is 8.81 Å². The molecule has 5 heteroatoms. The summed E-state index contributed by atoms with van der Waals surface area (Å²) in [4.78, 5) is 2.21. The maximum absolute atomic E-state index is 14.5. The number of hydrogen-bond acceptors (Lipinski definition) is 3. The molecule has 0 radical (unpaired) electrons. The van der Waals surface area contributed by atoms with E-state index in [2.05, 4.69) is 10.2 Å². The molecule has 0 aliphatic carbocycles. The minimum atomic E-state index is -0.287. The minimum Gasteiger partial charge on any atom is -0.467 e. The normalized spacial score (nSPS) is 17.9. The van der Waals surface area contributed by atoms with Gasteiger partial charge in [0.05, 0.1) is 17.3 Å². The van der Waals surface area contributed by atoms with Gasteiger partial charge in [0.25, 0.3) is 0 Å². The molecule has 1 fully saturated rings. The topological polar surface area (TPSA) is 28.4 Å². The highest BCUT2D eigenvalue weighted by Crippen LogP contribution is 2.37. The van der Waals surface area contributed by atoms with E-state index in [9.17, 15) is 4.39 Å². The van der Waals surface area contributed by atoms with Crippen molar-refractivity contribution in [1.29, 1.82) is 0 Å². The van der Waals surface area contributed by atoms with Crippen molar-refractivity contribution in [3.8, 4) is 0 Å².